The molecule has 8 aromatic heterocycles. The molecule has 13 aromatic rings. The Balaban J connectivity index is 0.000000147. The summed E-state index contributed by atoms with van der Waals surface area (Å²) >= 11 is 0. The molecule has 111 heavy (non-hydrogen) atoms. The van der Waals surface area contributed by atoms with Crippen LogP contribution in [0.5, 0.6) is 0 Å². The summed E-state index contributed by atoms with van der Waals surface area (Å²) in [6.07, 6.45) is 15.9. The predicted octanol–water partition coefficient (Wildman–Crippen LogP) is 12.1. The van der Waals surface area contributed by atoms with Gasteiger partial charge in [-0.25, -0.2) is 37.5 Å². The van der Waals surface area contributed by atoms with Crippen molar-refractivity contribution >= 4 is 122 Å². The molecule has 11 N–H and O–H groups in total. The van der Waals surface area contributed by atoms with Crippen LogP contribution in [0.1, 0.15) is 132 Å². The van der Waals surface area contributed by atoms with Crippen molar-refractivity contribution in [2.75, 3.05) is 39.5 Å². The average molecular weight is 1500 g/mol. The highest BCUT2D eigenvalue weighted by atomic mass is 19.1. The summed E-state index contributed by atoms with van der Waals surface area (Å²) in [6.45, 7) is 6.76. The summed E-state index contributed by atoms with van der Waals surface area (Å²) in [4.78, 5) is 78.2. The van der Waals surface area contributed by atoms with Crippen LogP contribution in [-0.2, 0) is 9.53 Å². The van der Waals surface area contributed by atoms with Crippen molar-refractivity contribution in [3.05, 3.63) is 273 Å². The van der Waals surface area contributed by atoms with Crippen molar-refractivity contribution in [2.45, 2.75) is 51.8 Å². The van der Waals surface area contributed by atoms with E-state index in [1.807, 2.05) is 44.2 Å². The number of carbonyl (C=O) groups is 5. The van der Waals surface area contributed by atoms with Crippen molar-refractivity contribution in [2.24, 2.45) is 5.92 Å². The Labute approximate surface area is 632 Å². The molecule has 3 unspecified atom stereocenters. The van der Waals surface area contributed by atoms with Crippen LogP contribution in [0.25, 0.3) is 92.7 Å². The maximum absolute atomic E-state index is 13.4. The molecular weight excluding hydrogens is 1430 g/mol. The number of fused-ring (bicyclic) bond motifs is 4. The highest BCUT2D eigenvalue weighted by Crippen LogP contribution is 2.24. The maximum Gasteiger partial charge on any atom is 0.270 e. The third kappa shape index (κ3) is 22.1. The average Bonchev–Trinajstić information content (AvgIpc) is 1.70. The summed E-state index contributed by atoms with van der Waals surface area (Å²) in [7, 11) is 0. The first-order valence-electron chi connectivity index (χ1n) is 35.3. The second-order valence-electron chi connectivity index (χ2n) is 25.6. The summed E-state index contributed by atoms with van der Waals surface area (Å²) in [6, 6.07) is 46.6. The SMILES string of the molecule is CC(=O)NCCNC(=O)c1ccc2[nH]nc(/C=C/c3cccc(F)c3)c2n1.CC(C)C(CO)NC(=O)c1ccc2[nH]nc(/C=C/c3cccc(F)c3)c2n1.O=C(NC(CO)c1ccccc1)c1ccc2[nH]nc(/C=C/c3cccc(F)c3)c2n1.O=C(NCC1CCCO1)c1ccc2[nH]nc(/C=C/c3cccc(F)c3)c2n1. The van der Waals surface area contributed by atoms with Crippen LogP contribution in [0.3, 0.4) is 0 Å². The fourth-order valence-corrected chi connectivity index (χ4v) is 11.2. The molecule has 1 fully saturated rings. The highest BCUT2D eigenvalue weighted by Gasteiger charge is 2.22. The Kier molecular flexibility index (Phi) is 27.1. The Morgan fingerprint density at radius 3 is 1.16 bits per heavy atom. The second kappa shape index (κ2) is 38.3. The minimum atomic E-state index is -0.534. The predicted molar refractivity (Wildman–Crippen MR) is 416 cm³/mol. The summed E-state index contributed by atoms with van der Waals surface area (Å²) < 4.78 is 58.7. The Bertz CT molecular complexity index is 5540. The number of hydrogen-bond donors (Lipinski definition) is 11. The second-order valence-corrected chi connectivity index (χ2v) is 25.6. The number of aliphatic hydroxyl groups excluding tert-OH is 2. The Morgan fingerprint density at radius 1 is 0.450 bits per heavy atom. The lowest BCUT2D eigenvalue weighted by molar-refractivity contribution is -0.118. The largest absolute Gasteiger partial charge is 0.394 e. The van der Waals surface area contributed by atoms with Crippen molar-refractivity contribution in [1.29, 1.82) is 0 Å². The number of aromatic nitrogens is 12. The Morgan fingerprint density at radius 2 is 0.820 bits per heavy atom. The van der Waals surface area contributed by atoms with Gasteiger partial charge < -0.3 is 41.5 Å². The van der Waals surface area contributed by atoms with E-state index >= 15 is 0 Å². The lowest BCUT2D eigenvalue weighted by Crippen LogP contribution is -2.41. The minimum absolute atomic E-state index is 0.0800. The topological polar surface area (TPSA) is 361 Å². The van der Waals surface area contributed by atoms with Gasteiger partial charge in [0.25, 0.3) is 23.6 Å². The first kappa shape index (κ1) is 78.6. The van der Waals surface area contributed by atoms with Crippen LogP contribution in [0.4, 0.5) is 17.6 Å². The zero-order chi connectivity index (χ0) is 78.2. The van der Waals surface area contributed by atoms with Gasteiger partial charge in [0, 0.05) is 33.2 Å². The quantitative estimate of drug-likeness (QED) is 0.0209. The van der Waals surface area contributed by atoms with Gasteiger partial charge in [-0.3, -0.25) is 44.4 Å². The lowest BCUT2D eigenvalue weighted by atomic mass is 10.1. The van der Waals surface area contributed by atoms with Gasteiger partial charge in [0.1, 0.15) is 90.9 Å². The van der Waals surface area contributed by atoms with E-state index in [9.17, 15) is 51.7 Å². The normalized spacial score (nSPS) is 13.3. The molecule has 14 rings (SSSR count). The molecule has 0 saturated carbocycles. The van der Waals surface area contributed by atoms with E-state index in [-0.39, 0.29) is 95.3 Å². The highest BCUT2D eigenvalue weighted by molar-refractivity contribution is 5.99. The molecule has 5 amide bonds. The van der Waals surface area contributed by atoms with E-state index < -0.39 is 11.9 Å². The molecule has 0 aliphatic carbocycles. The molecule has 25 nitrogen and oxygen atoms in total. The van der Waals surface area contributed by atoms with Gasteiger partial charge in [0.05, 0.1) is 53.5 Å². The monoisotopic (exact) mass is 1500 g/mol. The van der Waals surface area contributed by atoms with Crippen LogP contribution < -0.4 is 26.6 Å². The van der Waals surface area contributed by atoms with Gasteiger partial charge in [0.2, 0.25) is 5.91 Å². The Hall–Kier alpha value is -13.5. The number of amides is 5. The standard InChI is InChI=1S/C23H19FN4O2.C20H19FN4O2.C20H21FN4O2.C19H18FN5O2/c24-17-8-4-5-15(13-17)9-10-18-22-19(28-27-18)11-12-20(25-22)23(30)26-21(14-29)16-6-2-1-3-7-16;21-14-4-1-3-13(11-14)6-7-16-19-17(25-24-16)8-9-18(23-19)20(26)22-12-15-5-2-10-27-15;1-12(2)18(11-26)23-20(27)17-9-8-16-19(22-17)15(24-25-16)7-6-13-4-3-5-14(21)10-13;1-12(26)21-9-10-22-19(27)17-8-7-16-18(23-17)15(24-25-16)6-5-13-3-2-4-14(20)11-13/h1-13,21,29H,14H2,(H,26,30)(H,27,28);1,3-4,6-9,11,15H,2,5,10,12H2,(H,22,26)(H,24,25);3-10,12,18,26H,11H2,1-2H3,(H,23,27)(H,24,25);2-8,11H,9-10H2,1H3,(H,21,26)(H,22,27)(H,24,25)/b10-9+;2*7-6+;6-5+. The van der Waals surface area contributed by atoms with Gasteiger partial charge in [0.15, 0.2) is 0 Å². The molecule has 5 aromatic carbocycles. The van der Waals surface area contributed by atoms with E-state index in [0.29, 0.717) is 103 Å². The smallest absolute Gasteiger partial charge is 0.270 e. The number of pyridine rings is 4. The zero-order valence-corrected chi connectivity index (χ0v) is 60.3. The summed E-state index contributed by atoms with van der Waals surface area (Å²) in [5, 5.41) is 61.1. The number of ether oxygens (including phenoxy) is 1. The minimum Gasteiger partial charge on any atom is -0.394 e. The molecule has 29 heteroatoms. The zero-order valence-electron chi connectivity index (χ0n) is 60.3. The molecule has 0 bridgehead atoms. The number of rotatable bonds is 23. The van der Waals surface area contributed by atoms with Gasteiger partial charge >= 0.3 is 0 Å². The fourth-order valence-electron chi connectivity index (χ4n) is 11.2. The van der Waals surface area contributed by atoms with E-state index in [1.54, 1.807) is 146 Å². The first-order chi connectivity index (χ1) is 53.8. The van der Waals surface area contributed by atoms with Gasteiger partial charge in [-0.05, 0) is 168 Å². The van der Waals surface area contributed by atoms with Gasteiger partial charge in [-0.15, -0.1) is 0 Å². The molecule has 1 aliphatic heterocycles. The molecular formula is C82H77F4N17O8. The van der Waals surface area contributed by atoms with E-state index in [2.05, 4.69) is 87.3 Å². The van der Waals surface area contributed by atoms with E-state index in [1.165, 1.54) is 55.5 Å². The number of aliphatic hydroxyl groups is 2. The number of benzene rings is 5. The number of aromatic amines is 4. The summed E-state index contributed by atoms with van der Waals surface area (Å²) in [5.74, 6) is -2.65. The third-order valence-corrected chi connectivity index (χ3v) is 17.1. The maximum atomic E-state index is 13.4. The van der Waals surface area contributed by atoms with Crippen molar-refractivity contribution < 1.29 is 56.5 Å². The number of hydrogen-bond acceptors (Lipinski definition) is 16. The number of carbonyl (C=O) groups excluding carboxylic acids is 5. The fraction of sp³-hybridized carbons (Fsp3) is 0.183. The molecule has 9 heterocycles. The van der Waals surface area contributed by atoms with E-state index in [4.69, 9.17) is 4.74 Å². The van der Waals surface area contributed by atoms with Gasteiger partial charge in [-0.1, -0.05) is 117 Å². The molecule has 1 aliphatic rings. The molecule has 3 atom stereocenters. The number of halogens is 4. The third-order valence-electron chi connectivity index (χ3n) is 17.1. The number of nitrogens with one attached hydrogen (secondary N) is 9. The number of nitrogens with zero attached hydrogens (tertiary/aromatic N) is 8. The van der Waals surface area contributed by atoms with Crippen LogP contribution >= 0.6 is 0 Å². The first-order valence-corrected chi connectivity index (χ1v) is 35.3. The van der Waals surface area contributed by atoms with Crippen LogP contribution in [0.15, 0.2) is 176 Å². The number of H-pyrrole nitrogens is 4. The van der Waals surface area contributed by atoms with E-state index in [0.717, 1.165) is 36.1 Å². The van der Waals surface area contributed by atoms with Crippen LogP contribution in [0, 0.1) is 29.2 Å². The van der Waals surface area contributed by atoms with Crippen LogP contribution in [0.2, 0.25) is 0 Å². The molecule has 0 spiro atoms. The van der Waals surface area contributed by atoms with Crippen molar-refractivity contribution in [3.63, 3.8) is 0 Å². The van der Waals surface area contributed by atoms with Gasteiger partial charge in [-0.2, -0.15) is 20.4 Å². The molecule has 0 radical (unpaired) electrons. The molecule has 1 saturated heterocycles. The van der Waals surface area contributed by atoms with Crippen LogP contribution in [-0.4, -0.2) is 152 Å². The molecule has 566 valence electrons. The van der Waals surface area contributed by atoms with Crippen molar-refractivity contribution in [3.8, 4) is 0 Å². The lowest BCUT2D eigenvalue weighted by Gasteiger charge is -2.19. The summed E-state index contributed by atoms with van der Waals surface area (Å²) in [5.41, 5.74) is 11.8. The van der Waals surface area contributed by atoms with Crippen molar-refractivity contribution in [1.82, 2.24) is 87.3 Å².